The molecule has 0 saturated carbocycles. The predicted octanol–water partition coefficient (Wildman–Crippen LogP) is 2.32. The number of benzene rings is 1. The molecule has 3 rings (SSSR count). The number of carbonyl (C=O) groups is 2. The molecule has 5 heteroatoms. The van der Waals surface area contributed by atoms with Crippen LogP contribution in [-0.4, -0.2) is 29.9 Å². The average Bonchev–Trinajstić information content (AvgIpc) is 2.43. The fourth-order valence-corrected chi connectivity index (χ4v) is 3.03. The van der Waals surface area contributed by atoms with E-state index in [1.54, 1.807) is 6.07 Å². The Morgan fingerprint density at radius 1 is 1.33 bits per heavy atom. The van der Waals surface area contributed by atoms with Crippen molar-refractivity contribution in [3.05, 3.63) is 40.2 Å². The summed E-state index contributed by atoms with van der Waals surface area (Å²) < 4.78 is 10.6. The Morgan fingerprint density at radius 3 is 2.71 bits per heavy atom. The lowest BCUT2D eigenvalue weighted by atomic mass is 9.84. The van der Waals surface area contributed by atoms with Gasteiger partial charge < -0.3 is 14.6 Å². The van der Waals surface area contributed by atoms with Crippen LogP contribution >= 0.6 is 0 Å². The molecule has 1 aliphatic heterocycles. The van der Waals surface area contributed by atoms with Crippen LogP contribution in [0.3, 0.4) is 0 Å². The van der Waals surface area contributed by atoms with E-state index in [-0.39, 0.29) is 40.6 Å². The van der Waals surface area contributed by atoms with Gasteiger partial charge in [0.05, 0.1) is 24.9 Å². The number of phenolic OH excluding ortho intramolecular Hbond substituents is 1. The van der Waals surface area contributed by atoms with Crippen LogP contribution in [0.25, 0.3) is 0 Å². The van der Waals surface area contributed by atoms with Gasteiger partial charge in [0.15, 0.2) is 11.5 Å². The third-order valence-electron chi connectivity index (χ3n) is 4.00. The van der Waals surface area contributed by atoms with E-state index in [0.29, 0.717) is 12.0 Å². The fourth-order valence-electron chi connectivity index (χ4n) is 3.03. The van der Waals surface area contributed by atoms with Crippen LogP contribution in [0.5, 0.6) is 5.75 Å². The molecule has 2 aliphatic rings. The van der Waals surface area contributed by atoms with Crippen molar-refractivity contribution < 1.29 is 24.2 Å². The van der Waals surface area contributed by atoms with Crippen molar-refractivity contribution in [1.82, 2.24) is 0 Å². The van der Waals surface area contributed by atoms with Crippen LogP contribution in [0.2, 0.25) is 0 Å². The first-order valence-electron chi connectivity index (χ1n) is 6.83. The molecule has 1 heterocycles. The van der Waals surface area contributed by atoms with E-state index >= 15 is 0 Å². The summed E-state index contributed by atoms with van der Waals surface area (Å²) in [5.41, 5.74) is 1.69. The molecule has 0 aromatic heterocycles. The van der Waals surface area contributed by atoms with E-state index in [1.807, 2.05) is 13.8 Å². The summed E-state index contributed by atoms with van der Waals surface area (Å²) in [6, 6.07) is 1.66. The molecule has 0 radical (unpaired) electrons. The molecule has 0 spiro atoms. The SMILES string of the molecule is COC1=CC(=O)c2cc3c(c(O)c2C1=O)C[C@H](C)O[C@@H]3C. The Bertz CT molecular complexity index is 686. The second kappa shape index (κ2) is 4.70. The number of hydrogen-bond donors (Lipinski definition) is 1. The lowest BCUT2D eigenvalue weighted by molar-refractivity contribution is -0.00542. The summed E-state index contributed by atoms with van der Waals surface area (Å²) >= 11 is 0. The minimum absolute atomic E-state index is 0.0411. The van der Waals surface area contributed by atoms with E-state index in [4.69, 9.17) is 9.47 Å². The lowest BCUT2D eigenvalue weighted by Crippen LogP contribution is -2.26. The Morgan fingerprint density at radius 2 is 2.05 bits per heavy atom. The second-order valence-electron chi connectivity index (χ2n) is 5.41. The number of ketones is 2. The summed E-state index contributed by atoms with van der Waals surface area (Å²) in [4.78, 5) is 24.5. The number of fused-ring (bicyclic) bond motifs is 2. The van der Waals surface area contributed by atoms with Crippen molar-refractivity contribution in [2.75, 3.05) is 7.11 Å². The number of rotatable bonds is 1. The molecule has 1 N–H and O–H groups in total. The van der Waals surface area contributed by atoms with Gasteiger partial charge in [0, 0.05) is 23.6 Å². The molecule has 1 aliphatic carbocycles. The minimum atomic E-state index is -0.459. The molecule has 0 bridgehead atoms. The summed E-state index contributed by atoms with van der Waals surface area (Å²) in [7, 11) is 1.33. The highest BCUT2D eigenvalue weighted by Gasteiger charge is 2.35. The summed E-state index contributed by atoms with van der Waals surface area (Å²) in [5, 5.41) is 10.5. The molecule has 21 heavy (non-hydrogen) atoms. The zero-order valence-corrected chi connectivity index (χ0v) is 12.1. The molecule has 0 amide bonds. The number of allylic oxidation sites excluding steroid dienone is 2. The Balaban J connectivity index is 2.25. The van der Waals surface area contributed by atoms with Gasteiger partial charge in [-0.25, -0.2) is 0 Å². The highest BCUT2D eigenvalue weighted by molar-refractivity contribution is 6.25. The molecule has 0 fully saturated rings. The molecular formula is C16H16O5. The third-order valence-corrected chi connectivity index (χ3v) is 4.00. The van der Waals surface area contributed by atoms with Crippen molar-refractivity contribution >= 4 is 11.6 Å². The number of methoxy groups -OCH3 is 1. The maximum absolute atomic E-state index is 12.3. The van der Waals surface area contributed by atoms with Gasteiger partial charge in [-0.1, -0.05) is 0 Å². The number of hydrogen-bond acceptors (Lipinski definition) is 5. The Hall–Kier alpha value is -2.14. The summed E-state index contributed by atoms with van der Waals surface area (Å²) in [5.74, 6) is -0.967. The van der Waals surface area contributed by atoms with E-state index in [1.165, 1.54) is 7.11 Å². The van der Waals surface area contributed by atoms with Crippen molar-refractivity contribution in [1.29, 1.82) is 0 Å². The van der Waals surface area contributed by atoms with Gasteiger partial charge in [0.25, 0.3) is 0 Å². The van der Waals surface area contributed by atoms with Crippen LogP contribution in [0, 0.1) is 0 Å². The Labute approximate surface area is 122 Å². The van der Waals surface area contributed by atoms with Crippen molar-refractivity contribution in [2.45, 2.75) is 32.5 Å². The highest BCUT2D eigenvalue weighted by Crippen LogP contribution is 2.41. The van der Waals surface area contributed by atoms with E-state index in [2.05, 4.69) is 0 Å². The van der Waals surface area contributed by atoms with Crippen LogP contribution in [-0.2, 0) is 15.9 Å². The molecule has 5 nitrogen and oxygen atoms in total. The summed E-state index contributed by atoms with van der Waals surface area (Å²) in [6.45, 7) is 3.78. The molecule has 110 valence electrons. The highest BCUT2D eigenvalue weighted by atomic mass is 16.5. The van der Waals surface area contributed by atoms with Crippen molar-refractivity contribution in [3.63, 3.8) is 0 Å². The normalized spacial score (nSPS) is 24.2. The van der Waals surface area contributed by atoms with Crippen LogP contribution in [0.15, 0.2) is 17.9 Å². The second-order valence-corrected chi connectivity index (χ2v) is 5.41. The lowest BCUT2D eigenvalue weighted by Gasteiger charge is -2.30. The number of Topliss-reactive ketones (excluding diaryl/α,β-unsaturated/α-hetero) is 1. The van der Waals surface area contributed by atoms with E-state index in [0.717, 1.165) is 11.6 Å². The summed E-state index contributed by atoms with van der Waals surface area (Å²) in [6.07, 6.45) is 1.39. The zero-order valence-electron chi connectivity index (χ0n) is 12.1. The van der Waals surface area contributed by atoms with Crippen LogP contribution in [0.1, 0.15) is 51.8 Å². The van der Waals surface area contributed by atoms with Crippen molar-refractivity contribution in [3.8, 4) is 5.75 Å². The number of phenols is 1. The molecule has 2 atom stereocenters. The monoisotopic (exact) mass is 288 g/mol. The standard InChI is InChI=1S/C16H16O5/c1-7-4-10-9(8(2)21-7)5-11-12(17)6-13(20-3)16(19)14(11)15(10)18/h5-8,18H,4H2,1-3H3/t7-,8+/m0/s1. The van der Waals surface area contributed by atoms with Gasteiger partial charge >= 0.3 is 0 Å². The number of ether oxygens (including phenoxy) is 2. The molecule has 0 unspecified atom stereocenters. The number of aromatic hydroxyl groups is 1. The largest absolute Gasteiger partial charge is 0.507 e. The first kappa shape index (κ1) is 13.8. The van der Waals surface area contributed by atoms with Gasteiger partial charge in [-0.05, 0) is 25.5 Å². The maximum atomic E-state index is 12.3. The van der Waals surface area contributed by atoms with Gasteiger partial charge in [-0.15, -0.1) is 0 Å². The van der Waals surface area contributed by atoms with Crippen LogP contribution in [0.4, 0.5) is 0 Å². The fraction of sp³-hybridized carbons (Fsp3) is 0.375. The average molecular weight is 288 g/mol. The number of carbonyl (C=O) groups excluding carboxylic acids is 2. The van der Waals surface area contributed by atoms with E-state index < -0.39 is 5.78 Å². The van der Waals surface area contributed by atoms with E-state index in [9.17, 15) is 14.7 Å². The van der Waals surface area contributed by atoms with Crippen LogP contribution < -0.4 is 0 Å². The topological polar surface area (TPSA) is 72.8 Å². The first-order valence-corrected chi connectivity index (χ1v) is 6.83. The Kier molecular flexibility index (Phi) is 3.10. The van der Waals surface area contributed by atoms with Gasteiger partial charge in [-0.3, -0.25) is 9.59 Å². The smallest absolute Gasteiger partial charge is 0.232 e. The first-order chi connectivity index (χ1) is 9.93. The molecule has 0 saturated heterocycles. The molecule has 1 aromatic carbocycles. The third kappa shape index (κ3) is 1.96. The quantitative estimate of drug-likeness (QED) is 0.858. The maximum Gasteiger partial charge on any atom is 0.232 e. The predicted molar refractivity (Wildman–Crippen MR) is 74.5 cm³/mol. The van der Waals surface area contributed by atoms with Gasteiger partial charge in [0.1, 0.15) is 5.75 Å². The zero-order chi connectivity index (χ0) is 15.3. The van der Waals surface area contributed by atoms with Gasteiger partial charge in [0.2, 0.25) is 5.78 Å². The molecular weight excluding hydrogens is 272 g/mol. The minimum Gasteiger partial charge on any atom is -0.507 e. The van der Waals surface area contributed by atoms with Gasteiger partial charge in [-0.2, -0.15) is 0 Å². The molecule has 1 aromatic rings. The van der Waals surface area contributed by atoms with Crippen molar-refractivity contribution in [2.24, 2.45) is 0 Å².